The van der Waals surface area contributed by atoms with Gasteiger partial charge in [-0.05, 0) is 49.8 Å². The molecule has 0 heterocycles. The molecule has 4 heteroatoms. The third kappa shape index (κ3) is 6.43. The molecule has 0 spiro atoms. The highest BCUT2D eigenvalue weighted by atomic mass is 16.2. The molecule has 1 saturated carbocycles. The molecule has 0 aliphatic heterocycles. The first kappa shape index (κ1) is 23.1. The molecule has 0 unspecified atom stereocenters. The van der Waals surface area contributed by atoms with Crippen LogP contribution in [0.3, 0.4) is 0 Å². The summed E-state index contributed by atoms with van der Waals surface area (Å²) in [5.74, 6) is -0.0137. The van der Waals surface area contributed by atoms with Gasteiger partial charge in [-0.1, -0.05) is 80.3 Å². The number of rotatable bonds is 8. The van der Waals surface area contributed by atoms with Gasteiger partial charge in [-0.15, -0.1) is 0 Å². The lowest BCUT2D eigenvalue weighted by molar-refractivity contribution is -0.141. The van der Waals surface area contributed by atoms with E-state index in [9.17, 15) is 9.59 Å². The van der Waals surface area contributed by atoms with E-state index >= 15 is 0 Å². The number of amides is 2. The molecule has 1 aliphatic rings. The molecule has 2 aromatic rings. The number of nitrogens with zero attached hydrogens (tertiary/aromatic N) is 1. The van der Waals surface area contributed by atoms with Crippen LogP contribution in [0.15, 0.2) is 48.5 Å². The van der Waals surface area contributed by atoms with E-state index in [0.717, 1.165) is 29.5 Å². The maximum Gasteiger partial charge on any atom is 0.243 e. The van der Waals surface area contributed by atoms with E-state index in [1.165, 1.54) is 24.8 Å². The van der Waals surface area contributed by atoms with E-state index < -0.39 is 6.04 Å². The van der Waals surface area contributed by atoms with Crippen LogP contribution in [-0.4, -0.2) is 28.8 Å². The van der Waals surface area contributed by atoms with Crippen LogP contribution in [0.1, 0.15) is 67.7 Å². The van der Waals surface area contributed by atoms with Gasteiger partial charge in [0.15, 0.2) is 0 Å². The molecular formula is C27H36N2O2. The minimum absolute atomic E-state index is 0.000481. The number of carbonyl (C=O) groups is 2. The Morgan fingerprint density at radius 2 is 1.68 bits per heavy atom. The van der Waals surface area contributed by atoms with Gasteiger partial charge in [0.05, 0.1) is 6.42 Å². The first-order valence-electron chi connectivity index (χ1n) is 11.7. The zero-order valence-corrected chi connectivity index (χ0v) is 19.2. The van der Waals surface area contributed by atoms with Crippen LogP contribution >= 0.6 is 0 Å². The largest absolute Gasteiger partial charge is 0.352 e. The van der Waals surface area contributed by atoms with Gasteiger partial charge in [-0.3, -0.25) is 9.59 Å². The second-order valence-corrected chi connectivity index (χ2v) is 8.88. The quantitative estimate of drug-likeness (QED) is 0.646. The van der Waals surface area contributed by atoms with Crippen molar-refractivity contribution in [1.82, 2.24) is 10.2 Å². The molecule has 2 amide bonds. The summed E-state index contributed by atoms with van der Waals surface area (Å²) < 4.78 is 0. The second-order valence-electron chi connectivity index (χ2n) is 8.88. The van der Waals surface area contributed by atoms with Crippen molar-refractivity contribution in [3.05, 3.63) is 70.8 Å². The summed E-state index contributed by atoms with van der Waals surface area (Å²) in [4.78, 5) is 28.5. The van der Waals surface area contributed by atoms with Crippen LogP contribution in [0.4, 0.5) is 0 Å². The second kappa shape index (κ2) is 11.1. The minimum Gasteiger partial charge on any atom is -0.352 e. The van der Waals surface area contributed by atoms with Gasteiger partial charge in [0.1, 0.15) is 6.04 Å². The van der Waals surface area contributed by atoms with E-state index in [4.69, 9.17) is 0 Å². The zero-order chi connectivity index (χ0) is 22.2. The monoisotopic (exact) mass is 420 g/mol. The molecule has 31 heavy (non-hydrogen) atoms. The molecule has 0 aromatic heterocycles. The van der Waals surface area contributed by atoms with E-state index in [1.54, 1.807) is 4.90 Å². The van der Waals surface area contributed by atoms with Crippen LogP contribution in [-0.2, 0) is 22.6 Å². The van der Waals surface area contributed by atoms with Gasteiger partial charge in [0.25, 0.3) is 0 Å². The average Bonchev–Trinajstić information content (AvgIpc) is 2.77. The van der Waals surface area contributed by atoms with Crippen LogP contribution < -0.4 is 5.32 Å². The van der Waals surface area contributed by atoms with Crippen molar-refractivity contribution < 1.29 is 9.59 Å². The predicted molar refractivity (Wildman–Crippen MR) is 126 cm³/mol. The number of hydrogen-bond donors (Lipinski definition) is 1. The van der Waals surface area contributed by atoms with Gasteiger partial charge in [-0.2, -0.15) is 0 Å². The highest BCUT2D eigenvalue weighted by Crippen LogP contribution is 2.20. The molecule has 0 bridgehead atoms. The highest BCUT2D eigenvalue weighted by molar-refractivity contribution is 5.88. The van der Waals surface area contributed by atoms with Crippen molar-refractivity contribution in [2.75, 3.05) is 0 Å². The smallest absolute Gasteiger partial charge is 0.243 e. The van der Waals surface area contributed by atoms with Crippen LogP contribution in [0, 0.1) is 13.8 Å². The molecule has 1 fully saturated rings. The summed E-state index contributed by atoms with van der Waals surface area (Å²) in [6, 6.07) is 16.0. The molecular weight excluding hydrogens is 384 g/mol. The fraction of sp³-hybridized carbons (Fsp3) is 0.481. The number of aryl methyl sites for hydroxylation is 2. The Kier molecular flexibility index (Phi) is 8.27. The van der Waals surface area contributed by atoms with E-state index in [1.807, 2.05) is 38.1 Å². The number of hydrogen-bond acceptors (Lipinski definition) is 2. The predicted octanol–water partition coefficient (Wildman–Crippen LogP) is 5.10. The first-order valence-corrected chi connectivity index (χ1v) is 11.7. The SMILES string of the molecule is CC[C@@H](C(=O)NC1CCCCC1)N(Cc1ccc(C)cc1)C(=O)Cc1ccccc1C. The van der Waals surface area contributed by atoms with Gasteiger partial charge in [0, 0.05) is 12.6 Å². The van der Waals surface area contributed by atoms with Gasteiger partial charge < -0.3 is 10.2 Å². The number of benzene rings is 2. The Morgan fingerprint density at radius 3 is 2.32 bits per heavy atom. The summed E-state index contributed by atoms with van der Waals surface area (Å²) >= 11 is 0. The molecule has 1 N–H and O–H groups in total. The van der Waals surface area contributed by atoms with Crippen molar-refractivity contribution in [2.24, 2.45) is 0 Å². The molecule has 0 saturated heterocycles. The van der Waals surface area contributed by atoms with Crippen molar-refractivity contribution in [2.45, 2.75) is 84.3 Å². The Morgan fingerprint density at radius 1 is 1.00 bits per heavy atom. The Labute approximate surface area is 187 Å². The molecule has 4 nitrogen and oxygen atoms in total. The number of nitrogens with one attached hydrogen (secondary N) is 1. The maximum absolute atomic E-state index is 13.5. The van der Waals surface area contributed by atoms with E-state index in [0.29, 0.717) is 19.4 Å². The molecule has 2 aromatic carbocycles. The molecule has 0 radical (unpaired) electrons. The Bertz CT molecular complexity index is 869. The van der Waals surface area contributed by atoms with Crippen LogP contribution in [0.25, 0.3) is 0 Å². The normalized spacial score (nSPS) is 15.3. The lowest BCUT2D eigenvalue weighted by atomic mass is 9.95. The highest BCUT2D eigenvalue weighted by Gasteiger charge is 2.30. The maximum atomic E-state index is 13.5. The standard InChI is InChI=1S/C27H36N2O2/c1-4-25(27(31)28-24-12-6-5-7-13-24)29(19-22-16-14-20(2)15-17-22)26(30)18-23-11-9-8-10-21(23)3/h8-11,14-17,24-25H,4-7,12-13,18-19H2,1-3H3,(H,28,31)/t25-/m0/s1. The lowest BCUT2D eigenvalue weighted by Gasteiger charge is -2.33. The summed E-state index contributed by atoms with van der Waals surface area (Å²) in [7, 11) is 0. The average molecular weight is 421 g/mol. The summed E-state index contributed by atoms with van der Waals surface area (Å²) in [6.45, 7) is 6.52. The Balaban J connectivity index is 1.81. The minimum atomic E-state index is -0.459. The molecule has 1 atom stereocenters. The molecule has 1 aliphatic carbocycles. The van der Waals surface area contributed by atoms with E-state index in [2.05, 4.69) is 36.5 Å². The lowest BCUT2D eigenvalue weighted by Crippen LogP contribution is -2.52. The Hall–Kier alpha value is -2.62. The van der Waals surface area contributed by atoms with Gasteiger partial charge in [0.2, 0.25) is 11.8 Å². The number of carbonyl (C=O) groups excluding carboxylic acids is 2. The van der Waals surface area contributed by atoms with Crippen LogP contribution in [0.5, 0.6) is 0 Å². The van der Waals surface area contributed by atoms with Crippen molar-refractivity contribution in [1.29, 1.82) is 0 Å². The third-order valence-electron chi connectivity index (χ3n) is 6.41. The fourth-order valence-corrected chi connectivity index (χ4v) is 4.43. The summed E-state index contributed by atoms with van der Waals surface area (Å²) in [6.07, 6.45) is 6.57. The van der Waals surface area contributed by atoms with E-state index in [-0.39, 0.29) is 17.9 Å². The summed E-state index contributed by atoms with van der Waals surface area (Å²) in [5.41, 5.74) is 4.35. The fourth-order valence-electron chi connectivity index (χ4n) is 4.43. The zero-order valence-electron chi connectivity index (χ0n) is 19.2. The van der Waals surface area contributed by atoms with Crippen molar-refractivity contribution in [3.8, 4) is 0 Å². The topological polar surface area (TPSA) is 49.4 Å². The third-order valence-corrected chi connectivity index (χ3v) is 6.41. The molecule has 166 valence electrons. The van der Waals surface area contributed by atoms with Gasteiger partial charge >= 0.3 is 0 Å². The first-order chi connectivity index (χ1) is 15.0. The van der Waals surface area contributed by atoms with Crippen molar-refractivity contribution >= 4 is 11.8 Å². The van der Waals surface area contributed by atoms with Crippen molar-refractivity contribution in [3.63, 3.8) is 0 Å². The summed E-state index contributed by atoms with van der Waals surface area (Å²) in [5, 5.41) is 3.24. The van der Waals surface area contributed by atoms with Gasteiger partial charge in [-0.25, -0.2) is 0 Å². The molecule has 3 rings (SSSR count). The van der Waals surface area contributed by atoms with Crippen LogP contribution in [0.2, 0.25) is 0 Å².